The summed E-state index contributed by atoms with van der Waals surface area (Å²) in [7, 11) is -1.60. The molecule has 0 amide bonds. The minimum absolute atomic E-state index is 0.385. The number of hydrogen-bond acceptors (Lipinski definition) is 6. The van der Waals surface area contributed by atoms with Gasteiger partial charge in [0.25, 0.3) is 0 Å². The quantitative estimate of drug-likeness (QED) is 0.365. The summed E-state index contributed by atoms with van der Waals surface area (Å²) >= 11 is 0. The van der Waals surface area contributed by atoms with E-state index in [0.717, 1.165) is 35.5 Å². The molecular weight excluding hydrogens is 382 g/mol. The zero-order chi connectivity index (χ0) is 20.7. The summed E-state index contributed by atoms with van der Waals surface area (Å²) in [5.74, 6) is 0.821. The third-order valence-corrected chi connectivity index (χ3v) is 4.56. The van der Waals surface area contributed by atoms with E-state index in [0.29, 0.717) is 13.0 Å². The van der Waals surface area contributed by atoms with E-state index in [-0.39, 0.29) is 0 Å². The molecule has 9 heteroatoms. The van der Waals surface area contributed by atoms with Crippen molar-refractivity contribution in [3.8, 4) is 11.8 Å². The van der Waals surface area contributed by atoms with Crippen molar-refractivity contribution in [2.24, 2.45) is 7.05 Å². The number of ether oxygens (including phenoxy) is 1. The van der Waals surface area contributed by atoms with E-state index >= 15 is 0 Å². The first-order valence-electron chi connectivity index (χ1n) is 8.32. The summed E-state index contributed by atoms with van der Waals surface area (Å²) in [5.41, 5.74) is 4.19. The monoisotopic (exact) mass is 403 g/mol. The van der Waals surface area contributed by atoms with Crippen molar-refractivity contribution >= 4 is 16.0 Å². The topological polar surface area (TPSA) is 108 Å². The van der Waals surface area contributed by atoms with Crippen LogP contribution in [0.25, 0.3) is 5.65 Å². The molecule has 0 spiro atoms. The second-order valence-corrected chi connectivity index (χ2v) is 6.99. The maximum absolute atomic E-state index is 9.22. The fourth-order valence-electron chi connectivity index (χ4n) is 2.69. The van der Waals surface area contributed by atoms with Crippen LogP contribution in [0.5, 0.6) is 5.75 Å². The second kappa shape index (κ2) is 9.32. The summed E-state index contributed by atoms with van der Waals surface area (Å²) in [6.45, 7) is 2.55. The lowest BCUT2D eigenvalue weighted by molar-refractivity contribution is -0.520. The van der Waals surface area contributed by atoms with Gasteiger partial charge in [0.1, 0.15) is 18.7 Å². The molecule has 3 aromatic rings. The Hall–Kier alpha value is -2.93. The smallest absolute Gasteiger partial charge is 0.329 e. The highest BCUT2D eigenvalue weighted by Crippen LogP contribution is 2.21. The molecule has 2 aromatic heterocycles. The van der Waals surface area contributed by atoms with E-state index in [1.54, 1.807) is 0 Å². The number of benzene rings is 1. The highest BCUT2D eigenvalue weighted by Gasteiger charge is 2.23. The molecule has 0 bridgehead atoms. The fourth-order valence-corrected chi connectivity index (χ4v) is 2.69. The van der Waals surface area contributed by atoms with Crippen LogP contribution in [0.4, 0.5) is 0 Å². The van der Waals surface area contributed by atoms with Gasteiger partial charge >= 0.3 is 5.65 Å². The Balaban J connectivity index is 0.000000409. The van der Waals surface area contributed by atoms with Gasteiger partial charge in [-0.1, -0.05) is 30.3 Å². The Kier molecular flexibility index (Phi) is 7.12. The molecular formula is C19H21N3O5S. The highest BCUT2D eigenvalue weighted by molar-refractivity contribution is 7.80. The van der Waals surface area contributed by atoms with Crippen LogP contribution in [0.1, 0.15) is 17.0 Å². The van der Waals surface area contributed by atoms with Crippen LogP contribution in [-0.4, -0.2) is 24.6 Å². The van der Waals surface area contributed by atoms with Crippen molar-refractivity contribution in [2.75, 3.05) is 7.11 Å². The molecule has 28 heavy (non-hydrogen) atoms. The van der Waals surface area contributed by atoms with Crippen LogP contribution in [0.15, 0.2) is 48.7 Å². The first-order chi connectivity index (χ1) is 13.3. The average Bonchev–Trinajstić information content (AvgIpc) is 2.93. The Bertz CT molecular complexity index is 1090. The molecule has 2 heterocycles. The number of fused-ring (bicyclic) bond motifs is 1. The van der Waals surface area contributed by atoms with Gasteiger partial charge < -0.3 is 9.29 Å². The molecule has 0 atom stereocenters. The van der Waals surface area contributed by atoms with Crippen LogP contribution in [0.3, 0.4) is 0 Å². The third-order valence-electron chi connectivity index (χ3n) is 4.15. The Morgan fingerprint density at radius 2 is 1.86 bits per heavy atom. The number of imidazole rings is 1. The molecule has 0 aliphatic heterocycles. The molecule has 0 saturated heterocycles. The lowest BCUT2D eigenvalue weighted by Crippen LogP contribution is -2.25. The number of hydrogen-bond donors (Lipinski definition) is 0. The number of aryl methyl sites for hydroxylation is 1. The molecule has 0 fully saturated rings. The van der Waals surface area contributed by atoms with Crippen molar-refractivity contribution in [1.82, 2.24) is 4.57 Å². The second-order valence-electron chi connectivity index (χ2n) is 5.84. The van der Waals surface area contributed by atoms with Crippen molar-refractivity contribution in [2.45, 2.75) is 20.0 Å². The van der Waals surface area contributed by atoms with Crippen molar-refractivity contribution in [1.29, 1.82) is 5.26 Å². The summed E-state index contributed by atoms with van der Waals surface area (Å²) in [6.07, 6.45) is 2.36. The summed E-state index contributed by atoms with van der Waals surface area (Å²) in [4.78, 5) is 0. The van der Waals surface area contributed by atoms with Crippen molar-refractivity contribution in [3.05, 3.63) is 65.6 Å². The lowest BCUT2D eigenvalue weighted by Gasteiger charge is -2.05. The molecule has 0 saturated carbocycles. The number of pyridine rings is 1. The van der Waals surface area contributed by atoms with Gasteiger partial charge in [-0.3, -0.25) is 4.18 Å². The largest absolute Gasteiger partial charge is 0.726 e. The molecule has 0 N–H and O–H groups in total. The first kappa shape index (κ1) is 21.4. The maximum Gasteiger partial charge on any atom is 0.329 e. The SMILES string of the molecule is COS(=O)(=O)[O-].Cc1c(CC#N)[n+]2cccc(OCc3ccccc3)c2n1C. The molecule has 1 aromatic carbocycles. The zero-order valence-electron chi connectivity index (χ0n) is 15.8. The molecule has 3 rings (SSSR count). The molecule has 148 valence electrons. The van der Waals surface area contributed by atoms with Gasteiger partial charge in [-0.15, -0.1) is 0 Å². The van der Waals surface area contributed by atoms with E-state index in [9.17, 15) is 13.0 Å². The van der Waals surface area contributed by atoms with E-state index in [2.05, 4.69) is 14.8 Å². The summed E-state index contributed by atoms with van der Waals surface area (Å²) in [6, 6.07) is 16.2. The Morgan fingerprint density at radius 3 is 2.43 bits per heavy atom. The van der Waals surface area contributed by atoms with Gasteiger partial charge in [-0.05, 0) is 17.7 Å². The zero-order valence-corrected chi connectivity index (χ0v) is 16.6. The predicted octanol–water partition coefficient (Wildman–Crippen LogP) is 1.81. The minimum Gasteiger partial charge on any atom is -0.726 e. The minimum atomic E-state index is -4.41. The van der Waals surface area contributed by atoms with Gasteiger partial charge in [0, 0.05) is 6.92 Å². The summed E-state index contributed by atoms with van der Waals surface area (Å²) in [5, 5.41) is 9.03. The highest BCUT2D eigenvalue weighted by atomic mass is 32.3. The molecule has 0 aliphatic carbocycles. The van der Waals surface area contributed by atoms with Gasteiger partial charge in [0.2, 0.25) is 16.1 Å². The lowest BCUT2D eigenvalue weighted by atomic mass is 10.2. The maximum atomic E-state index is 9.22. The normalized spacial score (nSPS) is 10.8. The van der Waals surface area contributed by atoms with E-state index < -0.39 is 10.4 Å². The third kappa shape index (κ3) is 5.29. The van der Waals surface area contributed by atoms with E-state index in [1.807, 2.05) is 67.0 Å². The number of aromatic nitrogens is 2. The van der Waals surface area contributed by atoms with Crippen LogP contribution in [0.2, 0.25) is 0 Å². The van der Waals surface area contributed by atoms with Crippen molar-refractivity contribution < 1.29 is 26.3 Å². The number of nitriles is 1. The standard InChI is InChI=1S/C18H18N3O.CH4O4S/c1-14-16(10-11-19)21-12-6-9-17(18(21)20(14)2)22-13-15-7-4-3-5-8-15;1-5-6(2,3)4/h3-9,12H,10,13H2,1-2H3;1H3,(H,2,3,4)/q+1;/p-1. The fraction of sp³-hybridized carbons (Fsp3) is 0.263. The van der Waals surface area contributed by atoms with Crippen LogP contribution >= 0.6 is 0 Å². The molecule has 0 unspecified atom stereocenters. The van der Waals surface area contributed by atoms with Crippen molar-refractivity contribution in [3.63, 3.8) is 0 Å². The molecule has 0 radical (unpaired) electrons. The predicted molar refractivity (Wildman–Crippen MR) is 100 cm³/mol. The van der Waals surface area contributed by atoms with Crippen LogP contribution in [0, 0.1) is 18.3 Å². The summed E-state index contributed by atoms with van der Waals surface area (Å²) < 4.78 is 41.1. The van der Waals surface area contributed by atoms with Gasteiger partial charge in [0.05, 0.1) is 26.4 Å². The van der Waals surface area contributed by atoms with Gasteiger partial charge in [-0.2, -0.15) is 9.66 Å². The molecule has 8 nitrogen and oxygen atoms in total. The molecule has 0 aliphatic rings. The first-order valence-corrected chi connectivity index (χ1v) is 9.65. The van der Waals surface area contributed by atoms with E-state index in [4.69, 9.17) is 10.00 Å². The Labute approximate surface area is 164 Å². The van der Waals surface area contributed by atoms with Crippen LogP contribution < -0.4 is 9.14 Å². The Morgan fingerprint density at radius 1 is 1.21 bits per heavy atom. The van der Waals surface area contributed by atoms with Gasteiger partial charge in [0.15, 0.2) is 5.69 Å². The number of nitrogens with zero attached hydrogens (tertiary/aromatic N) is 3. The van der Waals surface area contributed by atoms with Gasteiger partial charge in [-0.25, -0.2) is 13.0 Å². The van der Waals surface area contributed by atoms with Crippen LogP contribution in [-0.2, 0) is 34.7 Å². The average molecular weight is 403 g/mol. The van der Waals surface area contributed by atoms with E-state index in [1.165, 1.54) is 0 Å². The number of rotatable bonds is 5.